The van der Waals surface area contributed by atoms with Gasteiger partial charge in [0.1, 0.15) is 5.83 Å². The molecule has 0 radical (unpaired) electrons. The lowest BCUT2D eigenvalue weighted by Gasteiger charge is -2.13. The lowest BCUT2D eigenvalue weighted by Crippen LogP contribution is -2.01. The minimum Gasteiger partial charge on any atom is -0.258 e. The normalized spacial score (nSPS) is 20.7. The van der Waals surface area contributed by atoms with Gasteiger partial charge in [0.2, 0.25) is 0 Å². The molecule has 2 heteroatoms. The van der Waals surface area contributed by atoms with Gasteiger partial charge in [-0.05, 0) is 37.6 Å². The van der Waals surface area contributed by atoms with Gasteiger partial charge in [0.15, 0.2) is 0 Å². The van der Waals surface area contributed by atoms with Crippen LogP contribution < -0.4 is 0 Å². The third kappa shape index (κ3) is 1.90. The van der Waals surface area contributed by atoms with Gasteiger partial charge in [-0.25, -0.2) is 4.39 Å². The fourth-order valence-corrected chi connectivity index (χ4v) is 1.58. The van der Waals surface area contributed by atoms with Crippen molar-refractivity contribution in [2.75, 3.05) is 0 Å². The zero-order valence-electron chi connectivity index (χ0n) is 8.07. The molecule has 1 aliphatic carbocycles. The molecule has 0 aliphatic heterocycles. The highest BCUT2D eigenvalue weighted by Crippen LogP contribution is 2.25. The van der Waals surface area contributed by atoms with E-state index in [9.17, 15) is 4.39 Å². The Labute approximate surface area is 83.0 Å². The van der Waals surface area contributed by atoms with Crippen LogP contribution in [-0.4, -0.2) is 4.98 Å². The van der Waals surface area contributed by atoms with Gasteiger partial charge < -0.3 is 0 Å². The first-order valence-corrected chi connectivity index (χ1v) is 4.73. The Morgan fingerprint density at radius 2 is 2.29 bits per heavy atom. The van der Waals surface area contributed by atoms with Crippen LogP contribution in [0.1, 0.15) is 23.7 Å². The lowest BCUT2D eigenvalue weighted by atomic mass is 9.96. The predicted octanol–water partition coefficient (Wildman–Crippen LogP) is 3.29. The van der Waals surface area contributed by atoms with Gasteiger partial charge in [-0.2, -0.15) is 0 Å². The first-order chi connectivity index (χ1) is 6.75. The summed E-state index contributed by atoms with van der Waals surface area (Å²) in [5.74, 6) is 0.0864. The Morgan fingerprint density at radius 1 is 1.43 bits per heavy atom. The number of hydrogen-bond acceptors (Lipinski definition) is 1. The minimum atomic E-state index is -0.145. The van der Waals surface area contributed by atoms with Crippen LogP contribution in [0.2, 0.25) is 0 Å². The van der Waals surface area contributed by atoms with Crippen LogP contribution in [0, 0.1) is 6.92 Å². The van der Waals surface area contributed by atoms with E-state index in [1.807, 2.05) is 31.2 Å². The number of halogens is 1. The Morgan fingerprint density at radius 3 is 2.93 bits per heavy atom. The van der Waals surface area contributed by atoms with Crippen LogP contribution in [0.5, 0.6) is 0 Å². The highest BCUT2D eigenvalue weighted by Gasteiger charge is 2.11. The van der Waals surface area contributed by atoms with E-state index in [1.54, 1.807) is 6.08 Å². The Bertz CT molecular complexity index is 393. The van der Waals surface area contributed by atoms with Crippen LogP contribution in [0.3, 0.4) is 0 Å². The first-order valence-electron chi connectivity index (χ1n) is 4.73. The molecule has 0 aromatic carbocycles. The average Bonchev–Trinajstić information content (AvgIpc) is 2.19. The highest BCUT2D eigenvalue weighted by molar-refractivity contribution is 5.27. The van der Waals surface area contributed by atoms with E-state index in [4.69, 9.17) is 0 Å². The van der Waals surface area contributed by atoms with E-state index >= 15 is 0 Å². The van der Waals surface area contributed by atoms with E-state index in [-0.39, 0.29) is 11.7 Å². The second-order valence-corrected chi connectivity index (χ2v) is 3.49. The molecular weight excluding hydrogens is 177 g/mol. The molecule has 1 aromatic heterocycles. The van der Waals surface area contributed by atoms with Gasteiger partial charge in [0.25, 0.3) is 0 Å². The van der Waals surface area contributed by atoms with Crippen molar-refractivity contribution in [2.24, 2.45) is 0 Å². The standard InChI is InChI=1S/C12H12FN/c1-9-3-2-4-12(14-9)10-5-7-11(13)8-6-10/h2-5,7-8,10H,6H2,1H3. The first kappa shape index (κ1) is 9.13. The Kier molecular flexibility index (Phi) is 2.44. The molecule has 0 amide bonds. The molecule has 1 aromatic rings. The monoisotopic (exact) mass is 189 g/mol. The summed E-state index contributed by atoms with van der Waals surface area (Å²) in [6, 6.07) is 5.94. The summed E-state index contributed by atoms with van der Waals surface area (Å²) in [5.41, 5.74) is 2.02. The second kappa shape index (κ2) is 3.74. The summed E-state index contributed by atoms with van der Waals surface area (Å²) in [7, 11) is 0. The molecular formula is C12H12FN. The molecule has 1 aliphatic rings. The van der Waals surface area contributed by atoms with Crippen LogP contribution in [0.15, 0.2) is 42.3 Å². The maximum atomic E-state index is 12.7. The summed E-state index contributed by atoms with van der Waals surface area (Å²) >= 11 is 0. The molecule has 72 valence electrons. The zero-order chi connectivity index (χ0) is 9.97. The van der Waals surface area contributed by atoms with Crippen molar-refractivity contribution in [1.29, 1.82) is 0 Å². The summed E-state index contributed by atoms with van der Waals surface area (Å²) in [5, 5.41) is 0. The number of aromatic nitrogens is 1. The van der Waals surface area contributed by atoms with Crippen molar-refractivity contribution in [1.82, 2.24) is 4.98 Å². The van der Waals surface area contributed by atoms with Gasteiger partial charge in [-0.3, -0.25) is 4.98 Å². The zero-order valence-corrected chi connectivity index (χ0v) is 8.07. The van der Waals surface area contributed by atoms with Crippen molar-refractivity contribution >= 4 is 0 Å². The summed E-state index contributed by atoms with van der Waals surface area (Å²) in [6.45, 7) is 1.96. The van der Waals surface area contributed by atoms with E-state index in [0.29, 0.717) is 6.42 Å². The van der Waals surface area contributed by atoms with Crippen molar-refractivity contribution in [2.45, 2.75) is 19.3 Å². The maximum Gasteiger partial charge on any atom is 0.118 e. The minimum absolute atomic E-state index is 0.145. The average molecular weight is 189 g/mol. The van der Waals surface area contributed by atoms with E-state index in [1.165, 1.54) is 6.08 Å². The Balaban J connectivity index is 2.22. The van der Waals surface area contributed by atoms with Crippen molar-refractivity contribution < 1.29 is 4.39 Å². The summed E-state index contributed by atoms with van der Waals surface area (Å²) < 4.78 is 12.7. The molecule has 1 nitrogen and oxygen atoms in total. The van der Waals surface area contributed by atoms with Crippen LogP contribution >= 0.6 is 0 Å². The number of rotatable bonds is 1. The molecule has 0 fully saturated rings. The summed E-state index contributed by atoms with van der Waals surface area (Å²) in [6.07, 6.45) is 5.70. The highest BCUT2D eigenvalue weighted by atomic mass is 19.1. The lowest BCUT2D eigenvalue weighted by molar-refractivity contribution is 0.641. The number of pyridine rings is 1. The van der Waals surface area contributed by atoms with Gasteiger partial charge in [0, 0.05) is 17.3 Å². The largest absolute Gasteiger partial charge is 0.258 e. The fourth-order valence-electron chi connectivity index (χ4n) is 1.58. The molecule has 0 saturated heterocycles. The molecule has 0 spiro atoms. The predicted molar refractivity (Wildman–Crippen MR) is 54.7 cm³/mol. The molecule has 1 unspecified atom stereocenters. The molecule has 0 saturated carbocycles. The number of nitrogens with zero attached hydrogens (tertiary/aromatic N) is 1. The molecule has 14 heavy (non-hydrogen) atoms. The van der Waals surface area contributed by atoms with Gasteiger partial charge in [-0.15, -0.1) is 0 Å². The fraction of sp³-hybridized carbons (Fsp3) is 0.250. The van der Waals surface area contributed by atoms with Gasteiger partial charge in [-0.1, -0.05) is 12.1 Å². The SMILES string of the molecule is Cc1cccc(C2C=CC(F)=CC2)n1. The summed E-state index contributed by atoms with van der Waals surface area (Å²) in [4.78, 5) is 4.42. The molecule has 0 N–H and O–H groups in total. The molecule has 0 bridgehead atoms. The Hall–Kier alpha value is -1.44. The second-order valence-electron chi connectivity index (χ2n) is 3.49. The van der Waals surface area contributed by atoms with Crippen molar-refractivity contribution in [3.8, 4) is 0 Å². The van der Waals surface area contributed by atoms with Crippen LogP contribution in [0.25, 0.3) is 0 Å². The molecule has 2 rings (SSSR count). The number of allylic oxidation sites excluding steroid dienone is 4. The molecule has 1 atom stereocenters. The van der Waals surface area contributed by atoms with Crippen LogP contribution in [0.4, 0.5) is 4.39 Å². The quantitative estimate of drug-likeness (QED) is 0.660. The van der Waals surface area contributed by atoms with Gasteiger partial charge >= 0.3 is 0 Å². The third-order valence-corrected chi connectivity index (χ3v) is 2.34. The van der Waals surface area contributed by atoms with Crippen LogP contribution in [-0.2, 0) is 0 Å². The van der Waals surface area contributed by atoms with Crippen molar-refractivity contribution in [3.63, 3.8) is 0 Å². The number of hydrogen-bond donors (Lipinski definition) is 0. The maximum absolute atomic E-state index is 12.7. The van der Waals surface area contributed by atoms with Gasteiger partial charge in [0.05, 0.1) is 0 Å². The topological polar surface area (TPSA) is 12.9 Å². The van der Waals surface area contributed by atoms with Crippen molar-refractivity contribution in [3.05, 3.63) is 53.6 Å². The smallest absolute Gasteiger partial charge is 0.118 e. The third-order valence-electron chi connectivity index (χ3n) is 2.34. The van der Waals surface area contributed by atoms with E-state index in [0.717, 1.165) is 11.4 Å². The van der Waals surface area contributed by atoms with E-state index < -0.39 is 0 Å². The molecule has 1 heterocycles. The number of aryl methyl sites for hydroxylation is 1. The van der Waals surface area contributed by atoms with E-state index in [2.05, 4.69) is 4.98 Å².